The van der Waals surface area contributed by atoms with Crippen molar-refractivity contribution in [1.82, 2.24) is 0 Å². The van der Waals surface area contributed by atoms with E-state index in [1.54, 1.807) is 31.6 Å². The van der Waals surface area contributed by atoms with Gasteiger partial charge in [-0.1, -0.05) is 343 Å². The summed E-state index contributed by atoms with van der Waals surface area (Å²) in [5.74, 6) is -0.546. The summed E-state index contributed by atoms with van der Waals surface area (Å²) in [7, 11) is 0. The Kier molecular flexibility index (Phi) is 57.7. The molecule has 0 aliphatic heterocycles. The second-order valence-electron chi connectivity index (χ2n) is 30.3. The number of rotatable bonds is 57. The fraction of sp³-hybridized carbons (Fsp3) is 0.720. The fourth-order valence-corrected chi connectivity index (χ4v) is 14.4. The van der Waals surface area contributed by atoms with Crippen molar-refractivity contribution in [3.05, 3.63) is 122 Å². The number of hydrogen-bond donors (Lipinski definition) is 4. The molecular formula is C93H152N2NiO8+. The first-order valence-electron chi connectivity index (χ1n) is 43.0. The molecule has 104 heavy (non-hydrogen) atoms. The number of carbonyl (C=O) groups excluding carboxylic acids is 2. The van der Waals surface area contributed by atoms with Gasteiger partial charge in [0.2, 0.25) is 0 Å². The van der Waals surface area contributed by atoms with Crippen LogP contribution < -0.4 is 10.2 Å². The first-order valence-corrected chi connectivity index (χ1v) is 43.0. The van der Waals surface area contributed by atoms with Crippen LogP contribution in [0.1, 0.15) is 425 Å². The molecule has 4 N–H and O–H groups in total. The Hall–Kier alpha value is -5.07. The summed E-state index contributed by atoms with van der Waals surface area (Å²) in [6, 6.07) is 17.9. The van der Waals surface area contributed by atoms with Crippen LogP contribution in [-0.2, 0) is 51.8 Å². The molecule has 2 unspecified atom stereocenters. The monoisotopic (exact) mass is 1480 g/mol. The smallest absolute Gasteiger partial charge is 0.549 e. The Bertz CT molecular complexity index is 2800. The molecule has 591 valence electrons. The summed E-state index contributed by atoms with van der Waals surface area (Å²) in [5, 5.41) is 66.7. The van der Waals surface area contributed by atoms with Gasteiger partial charge in [-0.15, -0.1) is 11.6 Å². The molecule has 0 heterocycles. The van der Waals surface area contributed by atoms with E-state index in [4.69, 9.17) is 5.11 Å². The zero-order chi connectivity index (χ0) is 75.6. The predicted molar refractivity (Wildman–Crippen MR) is 432 cm³/mol. The van der Waals surface area contributed by atoms with E-state index in [0.29, 0.717) is 24.0 Å². The predicted octanol–water partition coefficient (Wildman–Crippen LogP) is 26.7. The van der Waals surface area contributed by atoms with Crippen LogP contribution in [0.15, 0.2) is 93.5 Å². The molecule has 0 bridgehead atoms. The van der Waals surface area contributed by atoms with Gasteiger partial charge in [0.25, 0.3) is 6.04 Å². The molecular weight excluding hydrogens is 1330 g/mol. The zero-order valence-electron chi connectivity index (χ0n) is 68.1. The Balaban J connectivity index is 0.00000132. The Morgan fingerprint density at radius 2 is 0.740 bits per heavy atom. The number of allylic oxidation sites excluding steroid dienone is 5. The van der Waals surface area contributed by atoms with Gasteiger partial charge in [0.05, 0.1) is 22.8 Å². The summed E-state index contributed by atoms with van der Waals surface area (Å²) in [6.45, 7) is 21.1. The first-order chi connectivity index (χ1) is 50.1. The number of carboxylic acids is 2. The number of benzene rings is 2. The third kappa shape index (κ3) is 38.6. The molecule has 0 amide bonds. The molecule has 2 aromatic rings. The van der Waals surface area contributed by atoms with E-state index >= 15 is 0 Å². The van der Waals surface area contributed by atoms with Gasteiger partial charge in [0, 0.05) is 18.0 Å². The van der Waals surface area contributed by atoms with E-state index in [-0.39, 0.29) is 53.7 Å². The van der Waals surface area contributed by atoms with Crippen LogP contribution in [-0.4, -0.2) is 37.1 Å². The Morgan fingerprint density at radius 1 is 0.413 bits per heavy atom. The number of aliphatic hydroxyl groups is 4. The molecule has 0 saturated carbocycles. The third-order valence-corrected chi connectivity index (χ3v) is 21.6. The van der Waals surface area contributed by atoms with Crippen LogP contribution >= 0.6 is 0 Å². The van der Waals surface area contributed by atoms with Gasteiger partial charge in [-0.05, 0) is 141 Å². The van der Waals surface area contributed by atoms with Crippen molar-refractivity contribution in [1.29, 1.82) is 0 Å². The van der Waals surface area contributed by atoms with E-state index < -0.39 is 34.3 Å². The molecule has 4 rings (SSSR count). The molecule has 2 atom stereocenters. The molecule has 0 aromatic heterocycles. The van der Waals surface area contributed by atoms with Gasteiger partial charge in [0.15, 0.2) is 17.2 Å². The SMILES string of the molecule is CCCC1=CCC(CC)(C(=O)[O-])C(O)=C1O.CCCC1=CCC(CC)(C(=O)[O-])C(O)=C1O.CCCCCCCCCCCCCCCCCCCCCCCCCCCCC#C[N+](=Nc1ccc(CCCCC)c(CCCCC)c1)C(=[C-]c1ccc(CCCCC)c(CCCCC)c1)CCCCC.[Ni+3]. The maximum Gasteiger partial charge on any atom is 3.00 e. The fourth-order valence-electron chi connectivity index (χ4n) is 14.4. The number of aliphatic hydroxyl groups excluding tert-OH is 4. The van der Waals surface area contributed by atoms with Gasteiger partial charge in [0.1, 0.15) is 17.2 Å². The van der Waals surface area contributed by atoms with E-state index in [1.165, 1.54) is 292 Å². The summed E-state index contributed by atoms with van der Waals surface area (Å²) >= 11 is 0. The average molecular weight is 1480 g/mol. The van der Waals surface area contributed by atoms with Gasteiger partial charge in [-0.25, -0.2) is 0 Å². The van der Waals surface area contributed by atoms with Gasteiger partial charge in [-0.2, -0.15) is 17.7 Å². The Labute approximate surface area is 647 Å². The number of aryl methyl sites for hydroxylation is 4. The molecule has 1 radical (unpaired) electrons. The number of unbranched alkanes of at least 4 members (excludes halogenated alkanes) is 36. The molecule has 2 aromatic carbocycles. The third-order valence-electron chi connectivity index (χ3n) is 21.6. The number of carbonyl (C=O) groups is 2. The van der Waals surface area contributed by atoms with Gasteiger partial charge < -0.3 is 40.2 Å². The maximum atomic E-state index is 11.1. The maximum absolute atomic E-state index is 11.1. The minimum Gasteiger partial charge on any atom is -0.549 e. The number of aliphatic carboxylic acids is 2. The number of nitrogens with zero attached hydrogens (tertiary/aromatic N) is 2. The van der Waals surface area contributed by atoms with Crippen LogP contribution in [0.3, 0.4) is 0 Å². The van der Waals surface area contributed by atoms with Crippen molar-refractivity contribution in [2.75, 3.05) is 0 Å². The summed E-state index contributed by atoms with van der Waals surface area (Å²) in [5.41, 5.74) is 7.74. The van der Waals surface area contributed by atoms with Crippen LogP contribution in [0.5, 0.6) is 0 Å². The van der Waals surface area contributed by atoms with Crippen molar-refractivity contribution in [2.24, 2.45) is 15.9 Å². The topological polar surface area (TPSA) is 177 Å². The van der Waals surface area contributed by atoms with Crippen molar-refractivity contribution in [3.63, 3.8) is 0 Å². The van der Waals surface area contributed by atoms with Crippen molar-refractivity contribution in [2.45, 2.75) is 422 Å². The normalized spacial score (nSPS) is 16.0. The minimum atomic E-state index is -1.46. The zero-order valence-corrected chi connectivity index (χ0v) is 69.1. The molecule has 2 aliphatic rings. The molecule has 2 aliphatic carbocycles. The second-order valence-corrected chi connectivity index (χ2v) is 30.3. The van der Waals surface area contributed by atoms with Crippen molar-refractivity contribution >= 4 is 17.6 Å². The van der Waals surface area contributed by atoms with Crippen LogP contribution in [0.4, 0.5) is 5.69 Å². The van der Waals surface area contributed by atoms with Crippen molar-refractivity contribution < 1.29 is 61.4 Å². The van der Waals surface area contributed by atoms with E-state index in [9.17, 15) is 40.2 Å². The molecule has 0 saturated heterocycles. The minimum absolute atomic E-state index is 0. The molecule has 0 spiro atoms. The first kappa shape index (κ1) is 96.9. The Morgan fingerprint density at radius 3 is 1.10 bits per heavy atom. The quantitative estimate of drug-likeness (QED) is 0.00962. The summed E-state index contributed by atoms with van der Waals surface area (Å²) in [6.07, 6.45) is 73.4. The largest absolute Gasteiger partial charge is 3.00 e. The molecule has 0 fully saturated rings. The molecule has 10 nitrogen and oxygen atoms in total. The average Bonchev–Trinajstić information content (AvgIpc) is 0.785. The summed E-state index contributed by atoms with van der Waals surface area (Å²) < 4.78 is 2.06. The standard InChI is InChI=1S/C69H118N2.2C12H18O4.Ni/c1-7-13-19-20-21-22-23-24-25-26-27-28-29-30-31-32-33-34-35-36-37-38-39-40-41-42-43-49-59-71(70-68-58-57-65(51-45-15-9-3)67(62-68)53-47-17-11-5)69(54-48-18-12-6)61-63-55-56-64(50-44-14-8-2)66(60-63)52-46-16-10-4;2*1-3-5-8-6-7-12(4-2,11(15)16)10(14)9(8)13;/h55-58,60,62H,7-48,50-54H2,1-6H3;2*6,13-14H,3-5,7H2,1-2H3,(H,15,16);/q;;;+3/p-2. The summed E-state index contributed by atoms with van der Waals surface area (Å²) in [4.78, 5) is 22.2. The number of carboxylic acid groups (broad SMARTS) is 2. The number of hydrogen-bond acceptors (Lipinski definition) is 9. The van der Waals surface area contributed by atoms with E-state index in [0.717, 1.165) is 56.3 Å². The second kappa shape index (κ2) is 61.9. The van der Waals surface area contributed by atoms with Crippen molar-refractivity contribution in [3.8, 4) is 12.0 Å². The van der Waals surface area contributed by atoms with Crippen LogP contribution in [0, 0.1) is 28.9 Å². The van der Waals surface area contributed by atoms with Gasteiger partial charge >= 0.3 is 16.5 Å². The van der Waals surface area contributed by atoms with Crippen LogP contribution in [0.25, 0.3) is 0 Å². The molecule has 11 heteroatoms. The van der Waals surface area contributed by atoms with Gasteiger partial charge in [-0.3, -0.25) is 0 Å². The van der Waals surface area contributed by atoms with Crippen LogP contribution in [0.2, 0.25) is 0 Å². The van der Waals surface area contributed by atoms with E-state index in [1.807, 2.05) is 13.8 Å². The van der Waals surface area contributed by atoms with E-state index in [2.05, 4.69) is 101 Å². The number of azo groups is 2.